The Hall–Kier alpha value is -2.21. The number of hydrogen-bond donors (Lipinski definition) is 2. The summed E-state index contributed by atoms with van der Waals surface area (Å²) in [4.78, 5) is 21.5. The Morgan fingerprint density at radius 3 is 2.47 bits per heavy atom. The first-order valence-corrected chi connectivity index (χ1v) is 11.0. The van der Waals surface area contributed by atoms with E-state index in [2.05, 4.69) is 42.8 Å². The van der Waals surface area contributed by atoms with Crippen molar-refractivity contribution in [2.24, 2.45) is 12.0 Å². The quantitative estimate of drug-likeness (QED) is 0.306. The number of aromatic nitrogens is 3. The van der Waals surface area contributed by atoms with E-state index in [1.54, 1.807) is 0 Å². The van der Waals surface area contributed by atoms with Crippen molar-refractivity contribution in [3.05, 3.63) is 47.5 Å². The molecule has 174 valence electrons. The van der Waals surface area contributed by atoms with Gasteiger partial charge in [0.05, 0.1) is 19.6 Å². The summed E-state index contributed by atoms with van der Waals surface area (Å²) in [6, 6.07) is 10.7. The number of benzene rings is 1. The second-order valence-corrected chi connectivity index (χ2v) is 8.31. The Balaban J connectivity index is 0.00000289. The highest BCUT2D eigenvalue weighted by Gasteiger charge is 2.26. The Labute approximate surface area is 206 Å². The highest BCUT2D eigenvalue weighted by molar-refractivity contribution is 14.0. The molecular weight excluding hydrogens is 519 g/mol. The van der Waals surface area contributed by atoms with Gasteiger partial charge >= 0.3 is 0 Å². The van der Waals surface area contributed by atoms with Crippen molar-refractivity contribution in [1.82, 2.24) is 35.2 Å². The zero-order valence-corrected chi connectivity index (χ0v) is 21.2. The van der Waals surface area contributed by atoms with Crippen LogP contribution in [-0.2, 0) is 24.9 Å². The van der Waals surface area contributed by atoms with Crippen molar-refractivity contribution < 1.29 is 4.79 Å². The van der Waals surface area contributed by atoms with Gasteiger partial charge in [0.15, 0.2) is 11.8 Å². The van der Waals surface area contributed by atoms with Gasteiger partial charge in [-0.05, 0) is 25.3 Å². The summed E-state index contributed by atoms with van der Waals surface area (Å²) in [5.41, 5.74) is 1.17. The van der Waals surface area contributed by atoms with E-state index in [0.717, 1.165) is 56.6 Å². The zero-order chi connectivity index (χ0) is 21.6. The molecule has 4 rings (SSSR count). The molecule has 0 spiro atoms. The number of nitrogens with one attached hydrogen (secondary N) is 2. The molecule has 1 aliphatic heterocycles. The molecule has 1 saturated carbocycles. The lowest BCUT2D eigenvalue weighted by Gasteiger charge is -2.36. The smallest absolute Gasteiger partial charge is 0.234 e. The van der Waals surface area contributed by atoms with Gasteiger partial charge in [0, 0.05) is 39.3 Å². The number of rotatable bonds is 7. The number of aliphatic imine (C=N–C) groups is 1. The minimum absolute atomic E-state index is 0. The molecule has 2 aromatic rings. The van der Waals surface area contributed by atoms with Gasteiger partial charge in [-0.1, -0.05) is 30.3 Å². The van der Waals surface area contributed by atoms with Crippen molar-refractivity contribution in [1.29, 1.82) is 0 Å². The fourth-order valence-electron chi connectivity index (χ4n) is 3.60. The third kappa shape index (κ3) is 6.89. The summed E-state index contributed by atoms with van der Waals surface area (Å²) in [7, 11) is 1.97. The van der Waals surface area contributed by atoms with Crippen LogP contribution in [0.2, 0.25) is 0 Å². The van der Waals surface area contributed by atoms with Gasteiger partial charge in [0.25, 0.3) is 0 Å². The van der Waals surface area contributed by atoms with Crippen LogP contribution in [0.15, 0.2) is 35.3 Å². The Kier molecular flexibility index (Phi) is 8.85. The molecule has 2 fully saturated rings. The summed E-state index contributed by atoms with van der Waals surface area (Å²) >= 11 is 0. The van der Waals surface area contributed by atoms with Crippen molar-refractivity contribution in [3.63, 3.8) is 0 Å². The molecule has 2 aliphatic rings. The number of nitrogens with zero attached hydrogens (tertiary/aromatic N) is 6. The standard InChI is InChI=1S/C22H32N8O.HI/c1-17-26-27-20(28(17)2)15-24-22(23-14-18-6-4-3-5-7-18)30-12-10-29(11-13-30)16-21(31)25-19-8-9-19;/h3-7,19H,8-16H2,1-2H3,(H,23,24)(H,25,31);1H. The summed E-state index contributed by atoms with van der Waals surface area (Å²) < 4.78 is 1.98. The van der Waals surface area contributed by atoms with Crippen molar-refractivity contribution >= 4 is 35.8 Å². The molecule has 0 atom stereocenters. The molecule has 1 saturated heterocycles. The molecule has 9 nitrogen and oxygen atoms in total. The number of aryl methyl sites for hydroxylation is 1. The third-order valence-corrected chi connectivity index (χ3v) is 5.82. The molecule has 1 aromatic carbocycles. The summed E-state index contributed by atoms with van der Waals surface area (Å²) in [5, 5.41) is 14.9. The number of carbonyl (C=O) groups excluding carboxylic acids is 1. The Bertz CT molecular complexity index is 904. The number of guanidine groups is 1. The lowest BCUT2D eigenvalue weighted by atomic mass is 10.2. The fraction of sp³-hybridized carbons (Fsp3) is 0.545. The predicted molar refractivity (Wildman–Crippen MR) is 135 cm³/mol. The van der Waals surface area contributed by atoms with E-state index in [4.69, 9.17) is 4.99 Å². The topological polar surface area (TPSA) is 90.7 Å². The van der Waals surface area contributed by atoms with Gasteiger partial charge in [-0.15, -0.1) is 34.2 Å². The van der Waals surface area contributed by atoms with Gasteiger partial charge in [-0.2, -0.15) is 0 Å². The molecule has 0 unspecified atom stereocenters. The van der Waals surface area contributed by atoms with Gasteiger partial charge in [0.2, 0.25) is 5.91 Å². The van der Waals surface area contributed by atoms with E-state index in [1.165, 1.54) is 5.56 Å². The summed E-state index contributed by atoms with van der Waals surface area (Å²) in [5.74, 6) is 2.77. The molecular formula is C22H33IN8O. The van der Waals surface area contributed by atoms with Gasteiger partial charge in [-0.3, -0.25) is 9.69 Å². The molecule has 10 heteroatoms. The van der Waals surface area contributed by atoms with Crippen LogP contribution in [0.25, 0.3) is 0 Å². The lowest BCUT2D eigenvalue weighted by molar-refractivity contribution is -0.122. The molecule has 1 aliphatic carbocycles. The first-order valence-electron chi connectivity index (χ1n) is 11.0. The van der Waals surface area contributed by atoms with Crippen LogP contribution < -0.4 is 10.6 Å². The molecule has 32 heavy (non-hydrogen) atoms. The van der Waals surface area contributed by atoms with Crippen LogP contribution >= 0.6 is 24.0 Å². The van der Waals surface area contributed by atoms with Gasteiger partial charge in [0.1, 0.15) is 5.82 Å². The van der Waals surface area contributed by atoms with E-state index in [1.807, 2.05) is 36.7 Å². The van der Waals surface area contributed by atoms with Crippen molar-refractivity contribution in [2.45, 2.75) is 38.9 Å². The zero-order valence-electron chi connectivity index (χ0n) is 18.8. The average Bonchev–Trinajstić information content (AvgIpc) is 3.54. The summed E-state index contributed by atoms with van der Waals surface area (Å²) in [6.45, 7) is 6.94. The maximum Gasteiger partial charge on any atom is 0.234 e. The number of halogens is 1. The normalized spacial score (nSPS) is 17.1. The lowest BCUT2D eigenvalue weighted by Crippen LogP contribution is -2.54. The number of piperazine rings is 1. The second-order valence-electron chi connectivity index (χ2n) is 8.31. The summed E-state index contributed by atoms with van der Waals surface area (Å²) in [6.07, 6.45) is 2.24. The van der Waals surface area contributed by atoms with Crippen molar-refractivity contribution in [2.75, 3.05) is 32.7 Å². The van der Waals surface area contributed by atoms with E-state index >= 15 is 0 Å². The number of hydrogen-bond acceptors (Lipinski definition) is 5. The second kappa shape index (κ2) is 11.6. The van der Waals surface area contributed by atoms with Gasteiger partial charge in [-0.25, -0.2) is 4.99 Å². The van der Waals surface area contributed by atoms with Crippen LogP contribution in [0.4, 0.5) is 0 Å². The molecule has 2 N–H and O–H groups in total. The van der Waals surface area contributed by atoms with Gasteiger partial charge < -0.3 is 20.1 Å². The van der Waals surface area contributed by atoms with Crippen LogP contribution in [0.5, 0.6) is 0 Å². The highest BCUT2D eigenvalue weighted by atomic mass is 127. The van der Waals surface area contributed by atoms with Crippen LogP contribution in [0.1, 0.15) is 30.1 Å². The predicted octanol–water partition coefficient (Wildman–Crippen LogP) is 1.28. The van der Waals surface area contributed by atoms with E-state index in [-0.39, 0.29) is 29.9 Å². The van der Waals surface area contributed by atoms with E-state index in [9.17, 15) is 4.79 Å². The molecule has 0 bridgehead atoms. The van der Waals surface area contributed by atoms with Crippen LogP contribution in [0, 0.1) is 6.92 Å². The molecule has 1 aromatic heterocycles. The number of amides is 1. The molecule has 1 amide bonds. The Morgan fingerprint density at radius 1 is 1.12 bits per heavy atom. The third-order valence-electron chi connectivity index (χ3n) is 5.82. The maximum atomic E-state index is 12.1. The molecule has 2 heterocycles. The highest BCUT2D eigenvalue weighted by Crippen LogP contribution is 2.18. The van der Waals surface area contributed by atoms with Crippen molar-refractivity contribution in [3.8, 4) is 0 Å². The van der Waals surface area contributed by atoms with E-state index < -0.39 is 0 Å². The largest absolute Gasteiger partial charge is 0.352 e. The van der Waals surface area contributed by atoms with Crippen LogP contribution in [-0.4, -0.2) is 75.2 Å². The maximum absolute atomic E-state index is 12.1. The van der Waals surface area contributed by atoms with E-state index in [0.29, 0.717) is 25.7 Å². The fourth-order valence-corrected chi connectivity index (χ4v) is 3.60. The number of carbonyl (C=O) groups is 1. The minimum atomic E-state index is 0. The van der Waals surface area contributed by atoms with Crippen LogP contribution in [0.3, 0.4) is 0 Å². The Morgan fingerprint density at radius 2 is 1.84 bits per heavy atom. The minimum Gasteiger partial charge on any atom is -0.352 e. The monoisotopic (exact) mass is 552 g/mol. The molecule has 0 radical (unpaired) electrons. The SMILES string of the molecule is Cc1nnc(CNC(=NCc2ccccc2)N2CCN(CC(=O)NC3CC3)CC2)n1C.I. The first kappa shape index (κ1) is 24.4. The first-order chi connectivity index (χ1) is 15.1. The average molecular weight is 552 g/mol.